The van der Waals surface area contributed by atoms with Crippen LogP contribution in [0.2, 0.25) is 0 Å². The Labute approximate surface area is 97.9 Å². The van der Waals surface area contributed by atoms with Crippen molar-refractivity contribution in [1.82, 2.24) is 4.98 Å². The minimum atomic E-state index is -0.592. The maximum Gasteiger partial charge on any atom is 0.249 e. The second-order valence-corrected chi connectivity index (χ2v) is 3.95. The van der Waals surface area contributed by atoms with E-state index < -0.39 is 11.7 Å². The molecule has 1 heterocycles. The van der Waals surface area contributed by atoms with Crippen LogP contribution >= 0.6 is 0 Å². The molecule has 0 radical (unpaired) electrons. The number of anilines is 1. The molecule has 17 heavy (non-hydrogen) atoms. The van der Waals surface area contributed by atoms with Gasteiger partial charge in [-0.2, -0.15) is 0 Å². The second kappa shape index (κ2) is 4.01. The number of pyridine rings is 1. The molecule has 0 fully saturated rings. The molecule has 0 aliphatic rings. The molecule has 88 valence electrons. The van der Waals surface area contributed by atoms with E-state index in [-0.39, 0.29) is 5.56 Å². The third kappa shape index (κ3) is 2.04. The Hall–Kier alpha value is -2.17. The van der Waals surface area contributed by atoms with Gasteiger partial charge in [0.05, 0.1) is 11.1 Å². The van der Waals surface area contributed by atoms with Crippen LogP contribution in [0, 0.1) is 5.82 Å². The molecular weight excluding hydrogens is 221 g/mol. The molecule has 4 nitrogen and oxygen atoms in total. The highest BCUT2D eigenvalue weighted by Crippen LogP contribution is 2.22. The van der Waals surface area contributed by atoms with Gasteiger partial charge in [0.1, 0.15) is 11.6 Å². The first-order valence-electron chi connectivity index (χ1n) is 5.06. The number of carbonyl (C=O) groups is 1. The van der Waals surface area contributed by atoms with Gasteiger partial charge in [0.2, 0.25) is 5.91 Å². The van der Waals surface area contributed by atoms with Gasteiger partial charge in [0.15, 0.2) is 0 Å². The van der Waals surface area contributed by atoms with Crippen molar-refractivity contribution in [2.45, 2.75) is 0 Å². The zero-order chi connectivity index (χ0) is 12.6. The summed E-state index contributed by atoms with van der Waals surface area (Å²) in [5.41, 5.74) is 6.11. The lowest BCUT2D eigenvalue weighted by Gasteiger charge is -2.13. The smallest absolute Gasteiger partial charge is 0.249 e. The van der Waals surface area contributed by atoms with E-state index in [2.05, 4.69) is 4.98 Å². The van der Waals surface area contributed by atoms with Crippen molar-refractivity contribution in [3.8, 4) is 0 Å². The molecule has 2 N–H and O–H groups in total. The fourth-order valence-electron chi connectivity index (χ4n) is 1.62. The number of aromatic nitrogens is 1. The fourth-order valence-corrected chi connectivity index (χ4v) is 1.62. The highest BCUT2D eigenvalue weighted by molar-refractivity contribution is 6.06. The number of nitrogens with two attached hydrogens (primary N) is 1. The van der Waals surface area contributed by atoms with Crippen LogP contribution in [0.25, 0.3) is 10.9 Å². The Bertz CT molecular complexity index is 596. The third-order valence-electron chi connectivity index (χ3n) is 2.48. The molecule has 0 aliphatic carbocycles. The first kappa shape index (κ1) is 11.3. The van der Waals surface area contributed by atoms with Crippen LogP contribution in [0.4, 0.5) is 10.2 Å². The van der Waals surface area contributed by atoms with E-state index in [4.69, 9.17) is 5.73 Å². The minimum absolute atomic E-state index is 0.276. The quantitative estimate of drug-likeness (QED) is 0.855. The average molecular weight is 233 g/mol. The van der Waals surface area contributed by atoms with E-state index >= 15 is 0 Å². The average Bonchev–Trinajstić information content (AvgIpc) is 2.27. The highest BCUT2D eigenvalue weighted by Gasteiger charge is 2.11. The van der Waals surface area contributed by atoms with Gasteiger partial charge in [-0.25, -0.2) is 9.37 Å². The van der Waals surface area contributed by atoms with Crippen LogP contribution < -0.4 is 10.6 Å². The number of benzene rings is 1. The van der Waals surface area contributed by atoms with Crippen LogP contribution in [-0.2, 0) is 0 Å². The van der Waals surface area contributed by atoms with E-state index in [1.54, 1.807) is 11.0 Å². The van der Waals surface area contributed by atoms with Gasteiger partial charge in [-0.3, -0.25) is 4.79 Å². The first-order chi connectivity index (χ1) is 7.99. The lowest BCUT2D eigenvalue weighted by Crippen LogP contribution is -2.16. The maximum atomic E-state index is 13.1. The van der Waals surface area contributed by atoms with Gasteiger partial charge in [0, 0.05) is 19.5 Å². The molecule has 0 aliphatic heterocycles. The van der Waals surface area contributed by atoms with Gasteiger partial charge < -0.3 is 10.6 Å². The van der Waals surface area contributed by atoms with Crippen LogP contribution in [0.5, 0.6) is 0 Å². The van der Waals surface area contributed by atoms with E-state index in [0.29, 0.717) is 16.7 Å². The van der Waals surface area contributed by atoms with Gasteiger partial charge >= 0.3 is 0 Å². The molecule has 5 heteroatoms. The Morgan fingerprint density at radius 3 is 2.65 bits per heavy atom. The summed E-state index contributed by atoms with van der Waals surface area (Å²) < 4.78 is 13.1. The lowest BCUT2D eigenvalue weighted by molar-refractivity contribution is 0.100. The zero-order valence-electron chi connectivity index (χ0n) is 9.57. The number of carbonyl (C=O) groups excluding carboxylic acids is 1. The Morgan fingerprint density at radius 2 is 2.06 bits per heavy atom. The fraction of sp³-hybridized carbons (Fsp3) is 0.167. The Balaban J connectivity index is 2.81. The maximum absolute atomic E-state index is 13.1. The zero-order valence-corrected chi connectivity index (χ0v) is 9.57. The van der Waals surface area contributed by atoms with Crippen molar-refractivity contribution in [3.63, 3.8) is 0 Å². The summed E-state index contributed by atoms with van der Waals surface area (Å²) in [6.45, 7) is 0. The van der Waals surface area contributed by atoms with Gasteiger partial charge in [0.25, 0.3) is 0 Å². The SMILES string of the molecule is CN(C)c1cc(C(N)=O)c2cc(F)ccc2n1. The molecule has 1 amide bonds. The summed E-state index contributed by atoms with van der Waals surface area (Å²) in [6.07, 6.45) is 0. The van der Waals surface area contributed by atoms with E-state index in [9.17, 15) is 9.18 Å². The molecule has 0 bridgehead atoms. The number of primary amides is 1. The van der Waals surface area contributed by atoms with Gasteiger partial charge in [-0.05, 0) is 24.3 Å². The first-order valence-corrected chi connectivity index (χ1v) is 5.06. The van der Waals surface area contributed by atoms with Crippen LogP contribution in [0.1, 0.15) is 10.4 Å². The van der Waals surface area contributed by atoms with Gasteiger partial charge in [-0.15, -0.1) is 0 Å². The predicted molar refractivity (Wildman–Crippen MR) is 64.5 cm³/mol. The minimum Gasteiger partial charge on any atom is -0.366 e. The molecule has 2 rings (SSSR count). The monoisotopic (exact) mass is 233 g/mol. The van der Waals surface area contributed by atoms with E-state index in [1.807, 2.05) is 14.1 Å². The third-order valence-corrected chi connectivity index (χ3v) is 2.48. The summed E-state index contributed by atoms with van der Waals surface area (Å²) in [5, 5.41) is 0.433. The molecule has 0 saturated carbocycles. The number of amides is 1. The lowest BCUT2D eigenvalue weighted by atomic mass is 10.1. The Morgan fingerprint density at radius 1 is 1.35 bits per heavy atom. The number of rotatable bonds is 2. The largest absolute Gasteiger partial charge is 0.366 e. The van der Waals surface area contributed by atoms with Gasteiger partial charge in [-0.1, -0.05) is 0 Å². The highest BCUT2D eigenvalue weighted by atomic mass is 19.1. The summed E-state index contributed by atoms with van der Waals surface area (Å²) in [6, 6.07) is 5.66. The summed E-state index contributed by atoms with van der Waals surface area (Å²) in [5.74, 6) is -0.400. The number of hydrogen-bond acceptors (Lipinski definition) is 3. The Kier molecular flexibility index (Phi) is 2.67. The number of nitrogens with zero attached hydrogens (tertiary/aromatic N) is 2. The van der Waals surface area contributed by atoms with E-state index in [1.165, 1.54) is 18.2 Å². The molecule has 0 spiro atoms. The van der Waals surface area contributed by atoms with Crippen molar-refractivity contribution < 1.29 is 9.18 Å². The van der Waals surface area contributed by atoms with E-state index in [0.717, 1.165) is 0 Å². The standard InChI is InChI=1S/C12H12FN3O/c1-16(2)11-6-9(12(14)17)8-5-7(13)3-4-10(8)15-11/h3-6H,1-2H3,(H2,14,17). The van der Waals surface area contributed by atoms with Crippen molar-refractivity contribution in [2.75, 3.05) is 19.0 Å². The predicted octanol–water partition coefficient (Wildman–Crippen LogP) is 1.54. The number of fused-ring (bicyclic) bond motifs is 1. The van der Waals surface area contributed by atoms with Crippen LogP contribution in [-0.4, -0.2) is 25.0 Å². The molecule has 1 aromatic carbocycles. The van der Waals surface area contributed by atoms with Crippen molar-refractivity contribution in [2.24, 2.45) is 5.73 Å². The molecule has 0 atom stereocenters. The number of hydrogen-bond donors (Lipinski definition) is 1. The topological polar surface area (TPSA) is 59.2 Å². The van der Waals surface area contributed by atoms with Crippen LogP contribution in [0.15, 0.2) is 24.3 Å². The van der Waals surface area contributed by atoms with Crippen molar-refractivity contribution >= 4 is 22.6 Å². The summed E-state index contributed by atoms with van der Waals surface area (Å²) in [7, 11) is 3.62. The normalized spacial score (nSPS) is 10.5. The van der Waals surface area contributed by atoms with Crippen molar-refractivity contribution in [3.05, 3.63) is 35.6 Å². The van der Waals surface area contributed by atoms with Crippen LogP contribution in [0.3, 0.4) is 0 Å². The molecule has 1 aromatic heterocycles. The summed E-state index contributed by atoms with van der Waals surface area (Å²) >= 11 is 0. The molecular formula is C12H12FN3O. The number of halogens is 1. The molecule has 0 unspecified atom stereocenters. The molecule has 2 aromatic rings. The summed E-state index contributed by atoms with van der Waals surface area (Å²) in [4.78, 5) is 17.4. The van der Waals surface area contributed by atoms with Crippen molar-refractivity contribution in [1.29, 1.82) is 0 Å². The molecule has 0 saturated heterocycles. The second-order valence-electron chi connectivity index (χ2n) is 3.95.